The standard InChI is InChI=1S/C10H12N4S2/c1-7-12-10(16-14-7)15-6-8-4-3-5-9(11-2)13-8/h3-5H,6H2,1-2H3,(H,11,13). The zero-order valence-corrected chi connectivity index (χ0v) is 10.7. The Hall–Kier alpha value is -1.14. The molecule has 1 N–H and O–H groups in total. The second kappa shape index (κ2) is 5.27. The highest BCUT2D eigenvalue weighted by Gasteiger charge is 2.03. The van der Waals surface area contributed by atoms with E-state index in [0.29, 0.717) is 0 Å². The molecule has 4 nitrogen and oxygen atoms in total. The summed E-state index contributed by atoms with van der Waals surface area (Å²) in [4.78, 5) is 8.73. The van der Waals surface area contributed by atoms with Crippen molar-refractivity contribution >= 4 is 29.1 Å². The van der Waals surface area contributed by atoms with E-state index in [1.807, 2.05) is 32.2 Å². The molecule has 0 unspecified atom stereocenters. The van der Waals surface area contributed by atoms with Gasteiger partial charge in [0.25, 0.3) is 0 Å². The molecule has 0 radical (unpaired) electrons. The summed E-state index contributed by atoms with van der Waals surface area (Å²) in [6.45, 7) is 1.90. The zero-order valence-electron chi connectivity index (χ0n) is 9.10. The van der Waals surface area contributed by atoms with Crippen molar-refractivity contribution in [3.05, 3.63) is 29.7 Å². The molecule has 0 aromatic carbocycles. The van der Waals surface area contributed by atoms with E-state index >= 15 is 0 Å². The van der Waals surface area contributed by atoms with Crippen LogP contribution in [0, 0.1) is 6.92 Å². The van der Waals surface area contributed by atoms with Gasteiger partial charge in [0.05, 0.1) is 5.69 Å². The van der Waals surface area contributed by atoms with Crippen molar-refractivity contribution in [1.29, 1.82) is 0 Å². The van der Waals surface area contributed by atoms with Crippen molar-refractivity contribution in [2.24, 2.45) is 0 Å². The molecule has 0 saturated carbocycles. The lowest BCUT2D eigenvalue weighted by Gasteiger charge is -2.01. The Balaban J connectivity index is 1.99. The smallest absolute Gasteiger partial charge is 0.170 e. The van der Waals surface area contributed by atoms with Gasteiger partial charge in [0.2, 0.25) is 0 Å². The number of aromatic nitrogens is 3. The van der Waals surface area contributed by atoms with Gasteiger partial charge < -0.3 is 5.32 Å². The lowest BCUT2D eigenvalue weighted by Crippen LogP contribution is -1.94. The van der Waals surface area contributed by atoms with Gasteiger partial charge in [-0.05, 0) is 30.6 Å². The molecule has 0 atom stereocenters. The molecule has 0 spiro atoms. The third-order valence-electron chi connectivity index (χ3n) is 1.92. The Kier molecular flexibility index (Phi) is 3.74. The van der Waals surface area contributed by atoms with E-state index in [-0.39, 0.29) is 0 Å². The van der Waals surface area contributed by atoms with Gasteiger partial charge in [-0.1, -0.05) is 17.8 Å². The molecular weight excluding hydrogens is 240 g/mol. The number of anilines is 1. The zero-order chi connectivity index (χ0) is 11.4. The highest BCUT2D eigenvalue weighted by molar-refractivity contribution is 8.00. The lowest BCUT2D eigenvalue weighted by atomic mass is 10.4. The lowest BCUT2D eigenvalue weighted by molar-refractivity contribution is 1.10. The first-order valence-corrected chi connectivity index (χ1v) is 6.60. The van der Waals surface area contributed by atoms with Gasteiger partial charge in [0.15, 0.2) is 4.34 Å². The molecule has 0 saturated heterocycles. The van der Waals surface area contributed by atoms with Crippen LogP contribution in [-0.4, -0.2) is 21.4 Å². The van der Waals surface area contributed by atoms with E-state index in [1.54, 1.807) is 11.8 Å². The molecule has 6 heteroatoms. The number of pyridine rings is 1. The number of aryl methyl sites for hydroxylation is 1. The molecular formula is C10H12N4S2. The Morgan fingerprint density at radius 2 is 2.25 bits per heavy atom. The van der Waals surface area contributed by atoms with E-state index in [4.69, 9.17) is 0 Å². The Morgan fingerprint density at radius 1 is 1.38 bits per heavy atom. The molecule has 84 valence electrons. The average molecular weight is 252 g/mol. The van der Waals surface area contributed by atoms with E-state index in [0.717, 1.165) is 27.4 Å². The van der Waals surface area contributed by atoms with Crippen molar-refractivity contribution < 1.29 is 0 Å². The summed E-state index contributed by atoms with van der Waals surface area (Å²) in [7, 11) is 1.87. The first-order valence-electron chi connectivity index (χ1n) is 4.85. The predicted molar refractivity (Wildman–Crippen MR) is 68.0 cm³/mol. The highest BCUT2D eigenvalue weighted by atomic mass is 32.2. The highest BCUT2D eigenvalue weighted by Crippen LogP contribution is 2.23. The third-order valence-corrected chi connectivity index (χ3v) is 3.87. The van der Waals surface area contributed by atoms with Crippen LogP contribution in [0.2, 0.25) is 0 Å². The number of thioether (sulfide) groups is 1. The fourth-order valence-corrected chi connectivity index (χ4v) is 2.72. The van der Waals surface area contributed by atoms with Crippen molar-refractivity contribution in [3.8, 4) is 0 Å². The predicted octanol–water partition coefficient (Wildman–Crippen LogP) is 2.58. The van der Waals surface area contributed by atoms with Crippen LogP contribution in [0.5, 0.6) is 0 Å². The first-order chi connectivity index (χ1) is 7.78. The summed E-state index contributed by atoms with van der Waals surface area (Å²) < 4.78 is 5.13. The average Bonchev–Trinajstić information content (AvgIpc) is 2.73. The fourth-order valence-electron chi connectivity index (χ4n) is 1.17. The molecule has 0 aliphatic carbocycles. The topological polar surface area (TPSA) is 50.7 Å². The molecule has 2 heterocycles. The summed E-state index contributed by atoms with van der Waals surface area (Å²) in [6.07, 6.45) is 0. The van der Waals surface area contributed by atoms with Crippen LogP contribution in [-0.2, 0) is 5.75 Å². The minimum atomic E-state index is 0.824. The third kappa shape index (κ3) is 2.93. The second-order valence-corrected chi connectivity index (χ2v) is 5.13. The number of nitrogens with zero attached hydrogens (tertiary/aromatic N) is 3. The Morgan fingerprint density at radius 3 is 2.94 bits per heavy atom. The maximum atomic E-state index is 4.44. The molecule has 0 aliphatic rings. The van der Waals surface area contributed by atoms with E-state index in [1.165, 1.54) is 11.5 Å². The van der Waals surface area contributed by atoms with E-state index < -0.39 is 0 Å². The van der Waals surface area contributed by atoms with Crippen LogP contribution in [0.3, 0.4) is 0 Å². The monoisotopic (exact) mass is 252 g/mol. The van der Waals surface area contributed by atoms with Gasteiger partial charge in [-0.25, -0.2) is 9.97 Å². The number of hydrogen-bond donors (Lipinski definition) is 1. The molecule has 0 amide bonds. The van der Waals surface area contributed by atoms with Crippen LogP contribution in [0.25, 0.3) is 0 Å². The van der Waals surface area contributed by atoms with Crippen LogP contribution in [0.15, 0.2) is 22.5 Å². The molecule has 0 bridgehead atoms. The molecule has 0 fully saturated rings. The van der Waals surface area contributed by atoms with Crippen LogP contribution in [0.4, 0.5) is 5.82 Å². The normalized spacial score (nSPS) is 10.4. The minimum Gasteiger partial charge on any atom is -0.373 e. The number of hydrogen-bond acceptors (Lipinski definition) is 6. The molecule has 0 aliphatic heterocycles. The summed E-state index contributed by atoms with van der Waals surface area (Å²) in [5.74, 6) is 2.56. The van der Waals surface area contributed by atoms with E-state index in [9.17, 15) is 0 Å². The summed E-state index contributed by atoms with van der Waals surface area (Å²) >= 11 is 3.11. The second-order valence-electron chi connectivity index (χ2n) is 3.16. The first kappa shape index (κ1) is 11.3. The summed E-state index contributed by atoms with van der Waals surface area (Å²) in [5, 5.41) is 3.02. The largest absolute Gasteiger partial charge is 0.373 e. The van der Waals surface area contributed by atoms with Gasteiger partial charge in [0.1, 0.15) is 11.6 Å². The van der Waals surface area contributed by atoms with Crippen LogP contribution in [0.1, 0.15) is 11.5 Å². The molecule has 2 aromatic heterocycles. The van der Waals surface area contributed by atoms with Gasteiger partial charge in [-0.2, -0.15) is 4.37 Å². The molecule has 16 heavy (non-hydrogen) atoms. The van der Waals surface area contributed by atoms with Crippen molar-refractivity contribution in [2.45, 2.75) is 17.0 Å². The van der Waals surface area contributed by atoms with Gasteiger partial charge in [-0.15, -0.1) is 0 Å². The quantitative estimate of drug-likeness (QED) is 0.848. The number of rotatable bonds is 4. The SMILES string of the molecule is CNc1cccc(CSc2nc(C)ns2)n1. The summed E-state index contributed by atoms with van der Waals surface area (Å²) in [5.41, 5.74) is 1.05. The van der Waals surface area contributed by atoms with Crippen molar-refractivity contribution in [2.75, 3.05) is 12.4 Å². The van der Waals surface area contributed by atoms with Gasteiger partial charge >= 0.3 is 0 Å². The van der Waals surface area contributed by atoms with Crippen LogP contribution >= 0.6 is 23.3 Å². The Labute approximate surface area is 103 Å². The van der Waals surface area contributed by atoms with E-state index in [2.05, 4.69) is 19.7 Å². The van der Waals surface area contributed by atoms with Gasteiger partial charge in [0, 0.05) is 12.8 Å². The Bertz CT molecular complexity index is 469. The molecule has 2 aromatic rings. The fraction of sp³-hybridized carbons (Fsp3) is 0.300. The van der Waals surface area contributed by atoms with Crippen LogP contribution < -0.4 is 5.32 Å². The maximum Gasteiger partial charge on any atom is 0.170 e. The number of nitrogens with one attached hydrogen (secondary N) is 1. The van der Waals surface area contributed by atoms with Crippen molar-refractivity contribution in [1.82, 2.24) is 14.3 Å². The van der Waals surface area contributed by atoms with Crippen molar-refractivity contribution in [3.63, 3.8) is 0 Å². The maximum absolute atomic E-state index is 4.44. The summed E-state index contributed by atoms with van der Waals surface area (Å²) in [6, 6.07) is 5.96. The van der Waals surface area contributed by atoms with Gasteiger partial charge in [-0.3, -0.25) is 0 Å². The minimum absolute atomic E-state index is 0.824. The molecule has 2 rings (SSSR count).